The Kier molecular flexibility index (Phi) is 4.24. The molecule has 1 fully saturated rings. The molecular weight excluding hydrogens is 136 g/mol. The molecule has 0 aliphatic carbocycles. The van der Waals surface area contributed by atoms with Crippen LogP contribution in [0.2, 0.25) is 0 Å². The van der Waals surface area contributed by atoms with Crippen molar-refractivity contribution in [2.45, 2.75) is 12.8 Å². The van der Waals surface area contributed by atoms with Crippen LogP contribution in [0.15, 0.2) is 12.7 Å². The first-order valence-electron chi connectivity index (χ1n) is 4.47. The van der Waals surface area contributed by atoms with Gasteiger partial charge in [-0.25, -0.2) is 0 Å². The highest BCUT2D eigenvalue weighted by atomic mass is 15.1. The van der Waals surface area contributed by atoms with Gasteiger partial charge in [0.25, 0.3) is 0 Å². The van der Waals surface area contributed by atoms with Gasteiger partial charge in [0.05, 0.1) is 0 Å². The highest BCUT2D eigenvalue weighted by Crippen LogP contribution is 1.97. The first-order chi connectivity index (χ1) is 5.43. The summed E-state index contributed by atoms with van der Waals surface area (Å²) in [6, 6.07) is 0. The lowest BCUT2D eigenvalue weighted by atomic mass is 10.2. The summed E-state index contributed by atoms with van der Waals surface area (Å²) in [5.41, 5.74) is 0. The minimum absolute atomic E-state index is 1.04. The van der Waals surface area contributed by atoms with E-state index in [4.69, 9.17) is 0 Å². The molecule has 1 heterocycles. The van der Waals surface area contributed by atoms with Gasteiger partial charge in [0.1, 0.15) is 0 Å². The van der Waals surface area contributed by atoms with Crippen molar-refractivity contribution in [3.63, 3.8) is 0 Å². The largest absolute Gasteiger partial charge is 0.315 e. The van der Waals surface area contributed by atoms with Gasteiger partial charge in [-0.15, -0.1) is 6.58 Å². The number of nitrogens with zero attached hydrogens (tertiary/aromatic N) is 1. The Morgan fingerprint density at radius 3 is 3.00 bits per heavy atom. The quantitative estimate of drug-likeness (QED) is 0.593. The van der Waals surface area contributed by atoms with Crippen molar-refractivity contribution in [2.24, 2.45) is 0 Å². The van der Waals surface area contributed by atoms with Gasteiger partial charge >= 0.3 is 0 Å². The molecule has 0 aromatic carbocycles. The van der Waals surface area contributed by atoms with Crippen LogP contribution in [0.3, 0.4) is 0 Å². The average Bonchev–Trinajstić information content (AvgIpc) is 1.94. The average molecular weight is 154 g/mol. The predicted molar refractivity (Wildman–Crippen MR) is 48.7 cm³/mol. The van der Waals surface area contributed by atoms with E-state index >= 15 is 0 Å². The van der Waals surface area contributed by atoms with E-state index in [9.17, 15) is 0 Å². The molecule has 0 saturated carbocycles. The highest BCUT2D eigenvalue weighted by molar-refractivity contribution is 4.74. The molecule has 1 N–H and O–H groups in total. The van der Waals surface area contributed by atoms with Gasteiger partial charge in [0, 0.05) is 19.6 Å². The number of nitrogens with one attached hydrogen (secondary N) is 1. The molecule has 1 aliphatic rings. The Morgan fingerprint density at radius 1 is 1.27 bits per heavy atom. The van der Waals surface area contributed by atoms with Crippen LogP contribution in [-0.2, 0) is 0 Å². The molecule has 2 nitrogen and oxygen atoms in total. The zero-order chi connectivity index (χ0) is 7.94. The molecule has 0 unspecified atom stereocenters. The molecule has 11 heavy (non-hydrogen) atoms. The molecule has 2 heteroatoms. The second-order valence-electron chi connectivity index (χ2n) is 3.05. The van der Waals surface area contributed by atoms with E-state index in [1.807, 2.05) is 6.08 Å². The van der Waals surface area contributed by atoms with Crippen molar-refractivity contribution in [3.05, 3.63) is 12.7 Å². The molecule has 0 aromatic rings. The summed E-state index contributed by atoms with van der Waals surface area (Å²) >= 11 is 0. The first kappa shape index (κ1) is 8.75. The number of rotatable bonds is 2. The Bertz CT molecular complexity index is 104. The third-order valence-electron chi connectivity index (χ3n) is 2.07. The Hall–Kier alpha value is -0.340. The summed E-state index contributed by atoms with van der Waals surface area (Å²) in [5, 5.41) is 3.40. The summed E-state index contributed by atoms with van der Waals surface area (Å²) in [6.45, 7) is 9.54. The lowest BCUT2D eigenvalue weighted by molar-refractivity contribution is 0.279. The molecule has 0 aromatic heterocycles. The molecular formula is C9H18N2. The van der Waals surface area contributed by atoms with Crippen molar-refractivity contribution in [2.75, 3.05) is 32.7 Å². The van der Waals surface area contributed by atoms with E-state index in [1.165, 1.54) is 32.5 Å². The summed E-state index contributed by atoms with van der Waals surface area (Å²) in [5.74, 6) is 0. The smallest absolute Gasteiger partial charge is 0.0161 e. The monoisotopic (exact) mass is 154 g/mol. The second kappa shape index (κ2) is 5.33. The van der Waals surface area contributed by atoms with E-state index in [2.05, 4.69) is 16.8 Å². The van der Waals surface area contributed by atoms with Gasteiger partial charge in [-0.3, -0.25) is 4.90 Å². The summed E-state index contributed by atoms with van der Waals surface area (Å²) in [6.07, 6.45) is 4.62. The standard InChI is InChI=1S/C9H18N2/c1-2-7-11-8-4-3-5-10-6-9-11/h2,10H,1,3-9H2. The predicted octanol–water partition coefficient (Wildman–Crippen LogP) is 0.858. The van der Waals surface area contributed by atoms with Gasteiger partial charge in [-0.2, -0.15) is 0 Å². The lowest BCUT2D eigenvalue weighted by Gasteiger charge is -2.23. The zero-order valence-corrected chi connectivity index (χ0v) is 7.18. The topological polar surface area (TPSA) is 15.3 Å². The van der Waals surface area contributed by atoms with Crippen molar-refractivity contribution in [1.82, 2.24) is 10.2 Å². The molecule has 0 radical (unpaired) electrons. The maximum absolute atomic E-state index is 3.75. The molecule has 0 spiro atoms. The van der Waals surface area contributed by atoms with Crippen molar-refractivity contribution >= 4 is 0 Å². The Morgan fingerprint density at radius 2 is 2.18 bits per heavy atom. The van der Waals surface area contributed by atoms with E-state index in [1.54, 1.807) is 0 Å². The van der Waals surface area contributed by atoms with Gasteiger partial charge in [0.15, 0.2) is 0 Å². The number of hydrogen-bond acceptors (Lipinski definition) is 2. The SMILES string of the molecule is C=CCN1CCCCNCC1. The highest BCUT2D eigenvalue weighted by Gasteiger charge is 2.04. The van der Waals surface area contributed by atoms with Crippen LogP contribution in [0, 0.1) is 0 Å². The molecule has 0 amide bonds. The third kappa shape index (κ3) is 3.54. The van der Waals surface area contributed by atoms with Crippen LogP contribution < -0.4 is 5.32 Å². The van der Waals surface area contributed by atoms with E-state index in [0.717, 1.165) is 13.1 Å². The minimum atomic E-state index is 1.04. The summed E-state index contributed by atoms with van der Waals surface area (Å²) in [7, 11) is 0. The van der Waals surface area contributed by atoms with Gasteiger partial charge in [-0.05, 0) is 25.9 Å². The van der Waals surface area contributed by atoms with Crippen LogP contribution >= 0.6 is 0 Å². The Balaban J connectivity index is 2.20. The fraction of sp³-hybridized carbons (Fsp3) is 0.778. The van der Waals surface area contributed by atoms with Crippen LogP contribution in [-0.4, -0.2) is 37.6 Å². The fourth-order valence-corrected chi connectivity index (χ4v) is 1.42. The van der Waals surface area contributed by atoms with Crippen LogP contribution in [0.5, 0.6) is 0 Å². The number of hydrogen-bond donors (Lipinski definition) is 1. The molecule has 0 atom stereocenters. The maximum Gasteiger partial charge on any atom is 0.0161 e. The molecule has 1 aliphatic heterocycles. The van der Waals surface area contributed by atoms with E-state index in [0.29, 0.717) is 0 Å². The Labute approximate surface area is 69.3 Å². The maximum atomic E-state index is 3.75. The van der Waals surface area contributed by atoms with Crippen molar-refractivity contribution in [1.29, 1.82) is 0 Å². The summed E-state index contributed by atoms with van der Waals surface area (Å²) < 4.78 is 0. The minimum Gasteiger partial charge on any atom is -0.315 e. The summed E-state index contributed by atoms with van der Waals surface area (Å²) in [4.78, 5) is 2.44. The molecule has 1 rings (SSSR count). The van der Waals surface area contributed by atoms with Crippen LogP contribution in [0.25, 0.3) is 0 Å². The normalized spacial score (nSPS) is 22.2. The van der Waals surface area contributed by atoms with E-state index < -0.39 is 0 Å². The molecule has 1 saturated heterocycles. The lowest BCUT2D eigenvalue weighted by Crippen LogP contribution is -2.36. The molecule has 0 bridgehead atoms. The van der Waals surface area contributed by atoms with Crippen LogP contribution in [0.4, 0.5) is 0 Å². The van der Waals surface area contributed by atoms with Gasteiger partial charge in [-0.1, -0.05) is 6.08 Å². The van der Waals surface area contributed by atoms with Gasteiger partial charge < -0.3 is 5.32 Å². The molecule has 64 valence electrons. The third-order valence-corrected chi connectivity index (χ3v) is 2.07. The van der Waals surface area contributed by atoms with Crippen LogP contribution in [0.1, 0.15) is 12.8 Å². The first-order valence-corrected chi connectivity index (χ1v) is 4.47. The zero-order valence-electron chi connectivity index (χ0n) is 7.18. The van der Waals surface area contributed by atoms with Gasteiger partial charge in [0.2, 0.25) is 0 Å². The second-order valence-corrected chi connectivity index (χ2v) is 3.05. The van der Waals surface area contributed by atoms with Crippen molar-refractivity contribution < 1.29 is 0 Å². The fourth-order valence-electron chi connectivity index (χ4n) is 1.42. The van der Waals surface area contributed by atoms with Crippen molar-refractivity contribution in [3.8, 4) is 0 Å². The van der Waals surface area contributed by atoms with E-state index in [-0.39, 0.29) is 0 Å².